The molecule has 0 saturated heterocycles. The van der Waals surface area contributed by atoms with Gasteiger partial charge < -0.3 is 5.11 Å². The first-order valence-electron chi connectivity index (χ1n) is 6.55. The van der Waals surface area contributed by atoms with Crippen LogP contribution in [0, 0.1) is 0 Å². The summed E-state index contributed by atoms with van der Waals surface area (Å²) in [7, 11) is 0. The molecule has 0 bridgehead atoms. The molecular formula is C17H15Cl2NO2. The molecule has 1 aromatic rings. The number of amides is 1. The minimum absolute atomic E-state index is 0.114. The van der Waals surface area contributed by atoms with E-state index in [4.69, 9.17) is 23.2 Å². The SMILES string of the molecule is C=C1C(C)=CC=CN1C(=O)/C(=C(\C)O)c1cc(Cl)cc(Cl)c1. The van der Waals surface area contributed by atoms with Crippen LogP contribution in [-0.2, 0) is 4.79 Å². The molecule has 0 fully saturated rings. The lowest BCUT2D eigenvalue weighted by molar-refractivity contribution is -0.121. The van der Waals surface area contributed by atoms with E-state index in [1.165, 1.54) is 11.8 Å². The van der Waals surface area contributed by atoms with Crippen molar-refractivity contribution >= 4 is 34.7 Å². The van der Waals surface area contributed by atoms with Crippen molar-refractivity contribution in [2.45, 2.75) is 13.8 Å². The van der Waals surface area contributed by atoms with Crippen molar-refractivity contribution in [3.8, 4) is 0 Å². The number of benzene rings is 1. The zero-order valence-corrected chi connectivity index (χ0v) is 13.7. The van der Waals surface area contributed by atoms with E-state index in [2.05, 4.69) is 6.58 Å². The third-order valence-corrected chi connectivity index (χ3v) is 3.71. The topological polar surface area (TPSA) is 40.5 Å². The molecule has 1 aromatic carbocycles. The van der Waals surface area contributed by atoms with Gasteiger partial charge in [-0.05, 0) is 49.3 Å². The quantitative estimate of drug-likeness (QED) is 0.603. The van der Waals surface area contributed by atoms with Crippen LogP contribution in [0.5, 0.6) is 0 Å². The van der Waals surface area contributed by atoms with Crippen LogP contribution >= 0.6 is 23.2 Å². The summed E-state index contributed by atoms with van der Waals surface area (Å²) in [6.45, 7) is 7.20. The Labute approximate surface area is 139 Å². The number of hydrogen-bond donors (Lipinski definition) is 1. The predicted octanol–water partition coefficient (Wildman–Crippen LogP) is 5.10. The Balaban J connectivity index is 2.48. The van der Waals surface area contributed by atoms with Gasteiger partial charge in [-0.3, -0.25) is 9.69 Å². The summed E-state index contributed by atoms with van der Waals surface area (Å²) < 4.78 is 0. The highest BCUT2D eigenvalue weighted by Gasteiger charge is 2.24. The number of hydrogen-bond acceptors (Lipinski definition) is 2. The smallest absolute Gasteiger partial charge is 0.266 e. The number of aliphatic hydroxyl groups is 1. The molecule has 0 aliphatic carbocycles. The molecule has 0 saturated carbocycles. The lowest BCUT2D eigenvalue weighted by Gasteiger charge is -2.25. The minimum Gasteiger partial charge on any atom is -0.512 e. The monoisotopic (exact) mass is 335 g/mol. The van der Waals surface area contributed by atoms with E-state index in [-0.39, 0.29) is 11.3 Å². The molecule has 1 N–H and O–H groups in total. The molecule has 1 heterocycles. The molecule has 1 aliphatic heterocycles. The molecule has 1 aliphatic rings. The van der Waals surface area contributed by atoms with E-state index in [1.807, 2.05) is 13.0 Å². The molecule has 3 nitrogen and oxygen atoms in total. The number of rotatable bonds is 2. The summed E-state index contributed by atoms with van der Waals surface area (Å²) in [6.07, 6.45) is 5.21. The van der Waals surface area contributed by atoms with Gasteiger partial charge in [-0.25, -0.2) is 0 Å². The number of carbonyl (C=O) groups excluding carboxylic acids is 1. The molecule has 0 aromatic heterocycles. The third kappa shape index (κ3) is 3.26. The average Bonchev–Trinajstić information content (AvgIpc) is 2.40. The standard InChI is InChI=1S/C17H15Cl2NO2/c1-10-5-4-6-20(11(10)2)17(22)16(12(3)21)13-7-14(18)9-15(19)8-13/h4-9,21H,2H2,1,3H3/b16-12+. The van der Waals surface area contributed by atoms with Crippen molar-refractivity contribution in [1.82, 2.24) is 4.90 Å². The van der Waals surface area contributed by atoms with Gasteiger partial charge in [-0.2, -0.15) is 0 Å². The fourth-order valence-electron chi connectivity index (χ4n) is 2.15. The van der Waals surface area contributed by atoms with E-state index in [1.54, 1.807) is 30.5 Å². The first-order chi connectivity index (χ1) is 10.3. The summed E-state index contributed by atoms with van der Waals surface area (Å²) in [5, 5.41) is 10.8. The van der Waals surface area contributed by atoms with Crippen molar-refractivity contribution in [1.29, 1.82) is 0 Å². The second-order valence-corrected chi connectivity index (χ2v) is 5.80. The van der Waals surface area contributed by atoms with Crippen molar-refractivity contribution in [2.24, 2.45) is 0 Å². The Morgan fingerprint density at radius 1 is 1.23 bits per heavy atom. The fourth-order valence-corrected chi connectivity index (χ4v) is 2.67. The predicted molar refractivity (Wildman–Crippen MR) is 90.6 cm³/mol. The van der Waals surface area contributed by atoms with Gasteiger partial charge in [0.05, 0.1) is 5.57 Å². The Bertz CT molecular complexity index is 721. The fraction of sp³-hybridized carbons (Fsp3) is 0.118. The molecular weight excluding hydrogens is 321 g/mol. The van der Waals surface area contributed by atoms with Gasteiger partial charge >= 0.3 is 0 Å². The molecule has 2 rings (SSSR count). The molecule has 0 radical (unpaired) electrons. The molecule has 114 valence electrons. The zero-order valence-electron chi connectivity index (χ0n) is 12.2. The van der Waals surface area contributed by atoms with E-state index in [0.717, 1.165) is 5.57 Å². The average molecular weight is 336 g/mol. The Morgan fingerprint density at radius 3 is 2.36 bits per heavy atom. The van der Waals surface area contributed by atoms with Gasteiger partial charge in [0.1, 0.15) is 5.76 Å². The Hall–Kier alpha value is -1.97. The number of halogens is 2. The van der Waals surface area contributed by atoms with Gasteiger partial charge in [0.2, 0.25) is 0 Å². The van der Waals surface area contributed by atoms with Crippen LogP contribution in [0.3, 0.4) is 0 Å². The van der Waals surface area contributed by atoms with Crippen LogP contribution in [0.4, 0.5) is 0 Å². The summed E-state index contributed by atoms with van der Waals surface area (Å²) in [5.41, 5.74) is 2.01. The molecule has 0 atom stereocenters. The van der Waals surface area contributed by atoms with Crippen LogP contribution in [0.2, 0.25) is 10.0 Å². The number of allylic oxidation sites excluding steroid dienone is 4. The lowest BCUT2D eigenvalue weighted by Crippen LogP contribution is -2.28. The third-order valence-electron chi connectivity index (χ3n) is 3.27. The molecule has 5 heteroatoms. The van der Waals surface area contributed by atoms with Crippen LogP contribution in [0.25, 0.3) is 5.57 Å². The summed E-state index contributed by atoms with van der Waals surface area (Å²) >= 11 is 12.0. The van der Waals surface area contributed by atoms with Gasteiger partial charge in [-0.15, -0.1) is 0 Å². The van der Waals surface area contributed by atoms with Crippen molar-refractivity contribution in [3.05, 3.63) is 75.8 Å². The Morgan fingerprint density at radius 2 is 1.82 bits per heavy atom. The maximum absolute atomic E-state index is 12.8. The second kappa shape index (κ2) is 6.42. The highest BCUT2D eigenvalue weighted by atomic mass is 35.5. The van der Waals surface area contributed by atoms with E-state index in [9.17, 15) is 9.90 Å². The maximum Gasteiger partial charge on any atom is 0.266 e. The summed E-state index contributed by atoms with van der Waals surface area (Å²) in [4.78, 5) is 14.2. The zero-order chi connectivity index (χ0) is 16.4. The Kier molecular flexibility index (Phi) is 4.79. The van der Waals surface area contributed by atoms with E-state index < -0.39 is 5.91 Å². The number of carbonyl (C=O) groups is 1. The number of aliphatic hydroxyl groups excluding tert-OH is 1. The normalized spacial score (nSPS) is 15.5. The minimum atomic E-state index is -0.396. The van der Waals surface area contributed by atoms with Crippen LogP contribution in [0.1, 0.15) is 19.4 Å². The second-order valence-electron chi connectivity index (χ2n) is 4.93. The molecule has 0 spiro atoms. The van der Waals surface area contributed by atoms with Crippen molar-refractivity contribution in [2.75, 3.05) is 0 Å². The summed E-state index contributed by atoms with van der Waals surface area (Å²) in [5.74, 6) is -0.510. The molecule has 0 unspecified atom stereocenters. The van der Waals surface area contributed by atoms with Gasteiger partial charge in [-0.1, -0.05) is 35.9 Å². The van der Waals surface area contributed by atoms with Crippen LogP contribution < -0.4 is 0 Å². The first-order valence-corrected chi connectivity index (χ1v) is 7.31. The molecule has 22 heavy (non-hydrogen) atoms. The molecule has 1 amide bonds. The number of nitrogens with zero attached hydrogens (tertiary/aromatic N) is 1. The van der Waals surface area contributed by atoms with Gasteiger partial charge in [0.25, 0.3) is 5.91 Å². The largest absolute Gasteiger partial charge is 0.512 e. The summed E-state index contributed by atoms with van der Waals surface area (Å²) in [6, 6.07) is 4.73. The van der Waals surface area contributed by atoms with E-state index in [0.29, 0.717) is 21.3 Å². The van der Waals surface area contributed by atoms with Gasteiger partial charge in [0, 0.05) is 21.9 Å². The highest BCUT2D eigenvalue weighted by molar-refractivity contribution is 6.35. The lowest BCUT2D eigenvalue weighted by atomic mass is 10.0. The van der Waals surface area contributed by atoms with Crippen molar-refractivity contribution in [3.63, 3.8) is 0 Å². The van der Waals surface area contributed by atoms with Crippen molar-refractivity contribution < 1.29 is 9.90 Å². The first kappa shape index (κ1) is 16.4. The maximum atomic E-state index is 12.8. The highest BCUT2D eigenvalue weighted by Crippen LogP contribution is 2.30. The van der Waals surface area contributed by atoms with Gasteiger partial charge in [0.15, 0.2) is 0 Å². The van der Waals surface area contributed by atoms with E-state index >= 15 is 0 Å². The van der Waals surface area contributed by atoms with Crippen LogP contribution in [-0.4, -0.2) is 15.9 Å². The van der Waals surface area contributed by atoms with Crippen LogP contribution in [0.15, 0.2) is 60.2 Å².